The average molecular weight is 395 g/mol. The maximum absolute atomic E-state index is 12.5. The van der Waals surface area contributed by atoms with Crippen molar-refractivity contribution < 1.29 is 4.79 Å². The second kappa shape index (κ2) is 8.40. The van der Waals surface area contributed by atoms with Gasteiger partial charge in [-0.3, -0.25) is 4.79 Å². The number of halogens is 1. The summed E-state index contributed by atoms with van der Waals surface area (Å²) in [5.74, 6) is 0.125. The van der Waals surface area contributed by atoms with Gasteiger partial charge < -0.3 is 10.6 Å². The molecule has 2 N–H and O–H groups in total. The lowest BCUT2D eigenvalue weighted by molar-refractivity contribution is 0.0946. The number of carbonyl (C=O) groups is 1. The van der Waals surface area contributed by atoms with Crippen LogP contribution in [0.15, 0.2) is 60.8 Å². The highest BCUT2D eigenvalue weighted by Gasteiger charge is 2.18. The molecule has 6 heteroatoms. The minimum atomic E-state index is -0.260. The van der Waals surface area contributed by atoms with E-state index < -0.39 is 0 Å². The Balaban J connectivity index is 1.72. The molecule has 3 aromatic rings. The van der Waals surface area contributed by atoms with E-state index in [1.165, 1.54) is 0 Å². The van der Waals surface area contributed by atoms with Crippen molar-refractivity contribution in [2.75, 3.05) is 5.32 Å². The van der Waals surface area contributed by atoms with Gasteiger partial charge in [0.15, 0.2) is 0 Å². The van der Waals surface area contributed by atoms with E-state index in [2.05, 4.69) is 47.4 Å². The molecule has 0 bridgehead atoms. The van der Waals surface area contributed by atoms with Gasteiger partial charge in [-0.15, -0.1) is 0 Å². The fourth-order valence-corrected chi connectivity index (χ4v) is 2.91. The molecule has 28 heavy (non-hydrogen) atoms. The number of nitrogens with zero attached hydrogens (tertiary/aromatic N) is 2. The van der Waals surface area contributed by atoms with Gasteiger partial charge in [-0.05, 0) is 40.8 Å². The van der Waals surface area contributed by atoms with Crippen LogP contribution in [0.25, 0.3) is 0 Å². The lowest BCUT2D eigenvalue weighted by Crippen LogP contribution is -2.24. The third-order valence-corrected chi connectivity index (χ3v) is 4.49. The van der Waals surface area contributed by atoms with Crippen LogP contribution in [0, 0.1) is 0 Å². The SMILES string of the molecule is CC(C)(C)c1ccccc1Nc1nccc(C(=O)NCc2ccc(Cl)cc2)n1. The molecular weight excluding hydrogens is 372 g/mol. The lowest BCUT2D eigenvalue weighted by Gasteiger charge is -2.23. The summed E-state index contributed by atoms with van der Waals surface area (Å²) in [7, 11) is 0. The molecule has 144 valence electrons. The van der Waals surface area contributed by atoms with Gasteiger partial charge in [-0.1, -0.05) is 62.7 Å². The minimum absolute atomic E-state index is 0.0306. The van der Waals surface area contributed by atoms with Crippen LogP contribution in [0.2, 0.25) is 5.02 Å². The van der Waals surface area contributed by atoms with Crippen LogP contribution < -0.4 is 10.6 Å². The van der Waals surface area contributed by atoms with Gasteiger partial charge in [0.05, 0.1) is 0 Å². The first-order valence-corrected chi connectivity index (χ1v) is 9.43. The van der Waals surface area contributed by atoms with Crippen LogP contribution in [-0.2, 0) is 12.0 Å². The highest BCUT2D eigenvalue weighted by molar-refractivity contribution is 6.30. The summed E-state index contributed by atoms with van der Waals surface area (Å²) in [4.78, 5) is 21.1. The zero-order chi connectivity index (χ0) is 20.1. The summed E-state index contributed by atoms with van der Waals surface area (Å²) in [5.41, 5.74) is 3.31. The number of nitrogens with one attached hydrogen (secondary N) is 2. The van der Waals surface area contributed by atoms with Gasteiger partial charge in [-0.25, -0.2) is 9.97 Å². The molecule has 3 rings (SSSR count). The van der Waals surface area contributed by atoms with Crippen LogP contribution >= 0.6 is 11.6 Å². The Morgan fingerprint density at radius 1 is 1.04 bits per heavy atom. The summed E-state index contributed by atoms with van der Waals surface area (Å²) in [5, 5.41) is 6.76. The molecule has 0 aliphatic carbocycles. The quantitative estimate of drug-likeness (QED) is 0.631. The number of rotatable bonds is 5. The minimum Gasteiger partial charge on any atom is -0.347 e. The number of hydrogen-bond acceptors (Lipinski definition) is 4. The first-order valence-electron chi connectivity index (χ1n) is 9.05. The van der Waals surface area contributed by atoms with E-state index in [0.29, 0.717) is 23.2 Å². The van der Waals surface area contributed by atoms with Gasteiger partial charge in [0, 0.05) is 23.5 Å². The van der Waals surface area contributed by atoms with Crippen LogP contribution in [0.4, 0.5) is 11.6 Å². The highest BCUT2D eigenvalue weighted by atomic mass is 35.5. The molecule has 1 amide bonds. The second-order valence-electron chi connectivity index (χ2n) is 7.50. The van der Waals surface area contributed by atoms with Crippen molar-refractivity contribution in [3.8, 4) is 0 Å². The maximum Gasteiger partial charge on any atom is 0.270 e. The van der Waals surface area contributed by atoms with Crippen LogP contribution in [0.5, 0.6) is 0 Å². The standard InChI is InChI=1S/C22H23ClN4O/c1-22(2,3)17-6-4-5-7-18(17)26-21-24-13-12-19(27-21)20(28)25-14-15-8-10-16(23)11-9-15/h4-13H,14H2,1-3H3,(H,25,28)(H,24,26,27). The third kappa shape index (κ3) is 5.08. The van der Waals surface area contributed by atoms with Crippen LogP contribution in [0.3, 0.4) is 0 Å². The van der Waals surface area contributed by atoms with Crippen molar-refractivity contribution >= 4 is 29.1 Å². The van der Waals surface area contributed by atoms with E-state index >= 15 is 0 Å². The fraction of sp³-hybridized carbons (Fsp3) is 0.227. The van der Waals surface area contributed by atoms with E-state index in [4.69, 9.17) is 11.6 Å². The second-order valence-corrected chi connectivity index (χ2v) is 7.93. The fourth-order valence-electron chi connectivity index (χ4n) is 2.79. The average Bonchev–Trinajstić information content (AvgIpc) is 2.67. The molecule has 0 radical (unpaired) electrons. The number of benzene rings is 2. The Labute approximate surface area is 170 Å². The summed E-state index contributed by atoms with van der Waals surface area (Å²) in [6.45, 7) is 6.84. The number of aromatic nitrogens is 2. The van der Waals surface area contributed by atoms with Gasteiger partial charge in [-0.2, -0.15) is 0 Å². The maximum atomic E-state index is 12.5. The van der Waals surface area contributed by atoms with Gasteiger partial charge in [0.1, 0.15) is 5.69 Å². The molecule has 1 heterocycles. The van der Waals surface area contributed by atoms with E-state index in [0.717, 1.165) is 16.8 Å². The molecule has 2 aromatic carbocycles. The Kier molecular flexibility index (Phi) is 5.95. The molecule has 0 fully saturated rings. The smallest absolute Gasteiger partial charge is 0.270 e. The molecule has 0 aliphatic rings. The lowest BCUT2D eigenvalue weighted by atomic mass is 9.86. The van der Waals surface area contributed by atoms with E-state index in [-0.39, 0.29) is 11.3 Å². The monoisotopic (exact) mass is 394 g/mol. The molecule has 0 unspecified atom stereocenters. The Morgan fingerprint density at radius 2 is 1.75 bits per heavy atom. The molecule has 0 saturated carbocycles. The summed E-state index contributed by atoms with van der Waals surface area (Å²) in [6.07, 6.45) is 1.58. The van der Waals surface area contributed by atoms with Gasteiger partial charge in [0.2, 0.25) is 5.95 Å². The summed E-state index contributed by atoms with van der Waals surface area (Å²) in [6, 6.07) is 17.0. The van der Waals surface area contributed by atoms with Crippen molar-refractivity contribution in [3.63, 3.8) is 0 Å². The van der Waals surface area contributed by atoms with Gasteiger partial charge >= 0.3 is 0 Å². The number of amides is 1. The highest BCUT2D eigenvalue weighted by Crippen LogP contribution is 2.30. The van der Waals surface area contributed by atoms with Crippen molar-refractivity contribution in [1.82, 2.24) is 15.3 Å². The van der Waals surface area contributed by atoms with Crippen LogP contribution in [-0.4, -0.2) is 15.9 Å². The van der Waals surface area contributed by atoms with Crippen LogP contribution in [0.1, 0.15) is 42.4 Å². The molecule has 0 saturated heterocycles. The predicted octanol–water partition coefficient (Wildman–Crippen LogP) is 5.10. The zero-order valence-corrected chi connectivity index (χ0v) is 16.9. The normalized spacial score (nSPS) is 11.1. The van der Waals surface area contributed by atoms with Crippen molar-refractivity contribution in [1.29, 1.82) is 0 Å². The van der Waals surface area contributed by atoms with E-state index in [1.54, 1.807) is 24.4 Å². The number of carbonyl (C=O) groups excluding carboxylic acids is 1. The molecule has 0 atom stereocenters. The Hall–Kier alpha value is -2.92. The largest absolute Gasteiger partial charge is 0.347 e. The zero-order valence-electron chi connectivity index (χ0n) is 16.2. The first kappa shape index (κ1) is 19.8. The Bertz CT molecular complexity index is 965. The van der Waals surface area contributed by atoms with E-state index in [1.807, 2.05) is 30.3 Å². The van der Waals surface area contributed by atoms with Crippen molar-refractivity contribution in [2.45, 2.75) is 32.7 Å². The van der Waals surface area contributed by atoms with E-state index in [9.17, 15) is 4.79 Å². The first-order chi connectivity index (χ1) is 13.3. The molecule has 0 aliphatic heterocycles. The summed E-state index contributed by atoms with van der Waals surface area (Å²) >= 11 is 5.88. The molecule has 1 aromatic heterocycles. The third-order valence-electron chi connectivity index (χ3n) is 4.24. The number of hydrogen-bond donors (Lipinski definition) is 2. The summed E-state index contributed by atoms with van der Waals surface area (Å²) < 4.78 is 0. The molecular formula is C22H23ClN4O. The van der Waals surface area contributed by atoms with Gasteiger partial charge in [0.25, 0.3) is 5.91 Å². The Morgan fingerprint density at radius 3 is 2.46 bits per heavy atom. The number of para-hydroxylation sites is 1. The topological polar surface area (TPSA) is 66.9 Å². The van der Waals surface area contributed by atoms with Crippen molar-refractivity contribution in [3.05, 3.63) is 82.6 Å². The predicted molar refractivity (Wildman–Crippen MR) is 113 cm³/mol. The molecule has 5 nitrogen and oxygen atoms in total. The van der Waals surface area contributed by atoms with Crippen molar-refractivity contribution in [2.24, 2.45) is 0 Å². The molecule has 0 spiro atoms. The number of anilines is 2.